The van der Waals surface area contributed by atoms with Crippen molar-refractivity contribution in [1.29, 1.82) is 0 Å². The van der Waals surface area contributed by atoms with Gasteiger partial charge < -0.3 is 11.1 Å². The summed E-state index contributed by atoms with van der Waals surface area (Å²) in [5.41, 5.74) is 7.23. The molecule has 1 aliphatic rings. The molecule has 4 nitrogen and oxygen atoms in total. The fraction of sp³-hybridized carbons (Fsp3) is 0.667. The van der Waals surface area contributed by atoms with E-state index in [0.29, 0.717) is 11.5 Å². The third kappa shape index (κ3) is 3.22. The molecule has 1 aliphatic carbocycles. The van der Waals surface area contributed by atoms with Gasteiger partial charge in [0.1, 0.15) is 0 Å². The lowest BCUT2D eigenvalue weighted by Gasteiger charge is -2.12. The third-order valence-electron chi connectivity index (χ3n) is 3.43. The van der Waals surface area contributed by atoms with Crippen molar-refractivity contribution in [2.45, 2.75) is 39.0 Å². The molecule has 17 heavy (non-hydrogen) atoms. The Morgan fingerprint density at radius 1 is 1.35 bits per heavy atom. The SMILES string of the molecule is Cc1nc(Cl)nc(NCCC2CCCC2)c1N. The number of rotatable bonds is 4. The highest BCUT2D eigenvalue weighted by molar-refractivity contribution is 6.28. The maximum absolute atomic E-state index is 5.90. The second-order valence-corrected chi connectivity index (χ2v) is 5.04. The van der Waals surface area contributed by atoms with Gasteiger partial charge in [0.25, 0.3) is 0 Å². The lowest BCUT2D eigenvalue weighted by molar-refractivity contribution is 0.518. The highest BCUT2D eigenvalue weighted by Crippen LogP contribution is 2.28. The van der Waals surface area contributed by atoms with Crippen LogP contribution in [0.3, 0.4) is 0 Å². The zero-order valence-electron chi connectivity index (χ0n) is 10.2. The quantitative estimate of drug-likeness (QED) is 0.811. The number of nitrogen functional groups attached to an aromatic ring is 1. The van der Waals surface area contributed by atoms with Crippen molar-refractivity contribution in [1.82, 2.24) is 9.97 Å². The van der Waals surface area contributed by atoms with E-state index in [1.165, 1.54) is 32.1 Å². The third-order valence-corrected chi connectivity index (χ3v) is 3.60. The molecule has 0 saturated heterocycles. The monoisotopic (exact) mass is 254 g/mol. The van der Waals surface area contributed by atoms with Gasteiger partial charge in [-0.2, -0.15) is 4.98 Å². The Bertz CT molecular complexity index is 388. The molecule has 0 atom stereocenters. The van der Waals surface area contributed by atoms with Gasteiger partial charge in [-0.05, 0) is 30.9 Å². The first-order valence-corrected chi connectivity index (χ1v) is 6.58. The fourth-order valence-corrected chi connectivity index (χ4v) is 2.59. The molecule has 94 valence electrons. The standard InChI is InChI=1S/C12H19ClN4/c1-8-10(14)11(17-12(13)16-8)15-7-6-9-4-2-3-5-9/h9H,2-7,14H2,1H3,(H,15,16,17). The molecule has 0 bridgehead atoms. The Kier molecular flexibility index (Phi) is 4.05. The summed E-state index contributed by atoms with van der Waals surface area (Å²) < 4.78 is 0. The summed E-state index contributed by atoms with van der Waals surface area (Å²) in [5, 5.41) is 3.51. The molecule has 1 saturated carbocycles. The summed E-state index contributed by atoms with van der Waals surface area (Å²) in [6, 6.07) is 0. The van der Waals surface area contributed by atoms with Gasteiger partial charge in [-0.1, -0.05) is 25.7 Å². The summed E-state index contributed by atoms with van der Waals surface area (Å²) in [4.78, 5) is 8.12. The van der Waals surface area contributed by atoms with Crippen molar-refractivity contribution < 1.29 is 0 Å². The number of halogens is 1. The number of aromatic nitrogens is 2. The number of hydrogen-bond donors (Lipinski definition) is 2. The van der Waals surface area contributed by atoms with Crippen LogP contribution in [0.25, 0.3) is 0 Å². The molecule has 0 amide bonds. The van der Waals surface area contributed by atoms with Crippen LogP contribution in [0.15, 0.2) is 0 Å². The van der Waals surface area contributed by atoms with E-state index in [1.807, 2.05) is 6.92 Å². The van der Waals surface area contributed by atoms with Crippen LogP contribution in [0.1, 0.15) is 37.8 Å². The molecule has 1 aromatic heterocycles. The van der Waals surface area contributed by atoms with Gasteiger partial charge >= 0.3 is 0 Å². The molecule has 5 heteroatoms. The zero-order chi connectivity index (χ0) is 12.3. The molecular formula is C12H19ClN4. The van der Waals surface area contributed by atoms with Crippen LogP contribution in [0.4, 0.5) is 11.5 Å². The van der Waals surface area contributed by atoms with E-state index in [2.05, 4.69) is 15.3 Å². The molecule has 0 spiro atoms. The maximum atomic E-state index is 5.90. The predicted molar refractivity (Wildman–Crippen MR) is 71.3 cm³/mol. The summed E-state index contributed by atoms with van der Waals surface area (Å²) in [6.45, 7) is 2.74. The highest BCUT2D eigenvalue weighted by Gasteiger charge is 2.14. The molecule has 1 fully saturated rings. The van der Waals surface area contributed by atoms with E-state index < -0.39 is 0 Å². The van der Waals surface area contributed by atoms with Gasteiger partial charge in [-0.3, -0.25) is 0 Å². The number of aryl methyl sites for hydroxylation is 1. The molecule has 1 aromatic rings. The second-order valence-electron chi connectivity index (χ2n) is 4.71. The van der Waals surface area contributed by atoms with Crippen molar-refractivity contribution in [3.63, 3.8) is 0 Å². The van der Waals surface area contributed by atoms with Crippen molar-refractivity contribution in [2.75, 3.05) is 17.6 Å². The normalized spacial score (nSPS) is 16.4. The van der Waals surface area contributed by atoms with E-state index in [1.54, 1.807) is 0 Å². The molecule has 1 heterocycles. The van der Waals surface area contributed by atoms with Crippen LogP contribution in [0.2, 0.25) is 5.28 Å². The minimum atomic E-state index is 0.250. The zero-order valence-corrected chi connectivity index (χ0v) is 10.9. The molecule has 0 aliphatic heterocycles. The van der Waals surface area contributed by atoms with Crippen molar-refractivity contribution in [3.8, 4) is 0 Å². The van der Waals surface area contributed by atoms with Crippen LogP contribution in [-0.2, 0) is 0 Å². The van der Waals surface area contributed by atoms with Crippen LogP contribution in [0, 0.1) is 12.8 Å². The Hall–Kier alpha value is -1.03. The van der Waals surface area contributed by atoms with Crippen LogP contribution >= 0.6 is 11.6 Å². The first-order valence-electron chi connectivity index (χ1n) is 6.20. The van der Waals surface area contributed by atoms with Gasteiger partial charge in [-0.15, -0.1) is 0 Å². The summed E-state index contributed by atoms with van der Waals surface area (Å²) in [7, 11) is 0. The largest absolute Gasteiger partial charge is 0.394 e. The van der Waals surface area contributed by atoms with Gasteiger partial charge in [0, 0.05) is 6.54 Å². The van der Waals surface area contributed by atoms with Crippen molar-refractivity contribution in [3.05, 3.63) is 11.0 Å². The minimum Gasteiger partial charge on any atom is -0.394 e. The van der Waals surface area contributed by atoms with Crippen molar-refractivity contribution >= 4 is 23.1 Å². The molecule has 3 N–H and O–H groups in total. The van der Waals surface area contributed by atoms with E-state index in [4.69, 9.17) is 17.3 Å². The molecule has 2 rings (SSSR count). The average molecular weight is 255 g/mol. The molecular weight excluding hydrogens is 236 g/mol. The lowest BCUT2D eigenvalue weighted by atomic mass is 10.0. The first-order chi connectivity index (χ1) is 8.16. The van der Waals surface area contributed by atoms with Gasteiger partial charge in [0.05, 0.1) is 11.4 Å². The minimum absolute atomic E-state index is 0.250. The number of nitrogens with two attached hydrogens (primary N) is 1. The van der Waals surface area contributed by atoms with Crippen LogP contribution < -0.4 is 11.1 Å². The topological polar surface area (TPSA) is 63.8 Å². The smallest absolute Gasteiger partial charge is 0.224 e. The predicted octanol–water partition coefficient (Wildman–Crippen LogP) is 3.01. The summed E-state index contributed by atoms with van der Waals surface area (Å²) in [5.74, 6) is 1.53. The van der Waals surface area contributed by atoms with E-state index >= 15 is 0 Å². The number of nitrogens with one attached hydrogen (secondary N) is 1. The van der Waals surface area contributed by atoms with Gasteiger partial charge in [-0.25, -0.2) is 4.98 Å². The lowest BCUT2D eigenvalue weighted by Crippen LogP contribution is -2.11. The molecule has 0 unspecified atom stereocenters. The van der Waals surface area contributed by atoms with Crippen LogP contribution in [0.5, 0.6) is 0 Å². The molecule has 0 aromatic carbocycles. The van der Waals surface area contributed by atoms with Crippen molar-refractivity contribution in [2.24, 2.45) is 5.92 Å². The van der Waals surface area contributed by atoms with Crippen LogP contribution in [-0.4, -0.2) is 16.5 Å². The first kappa shape index (κ1) is 12.4. The van der Waals surface area contributed by atoms with Gasteiger partial charge in [0.2, 0.25) is 5.28 Å². The van der Waals surface area contributed by atoms with Gasteiger partial charge in [0.15, 0.2) is 5.82 Å². The fourth-order valence-electron chi connectivity index (χ4n) is 2.38. The van der Waals surface area contributed by atoms with E-state index in [9.17, 15) is 0 Å². The maximum Gasteiger partial charge on any atom is 0.224 e. The Morgan fingerprint density at radius 3 is 2.76 bits per heavy atom. The number of hydrogen-bond acceptors (Lipinski definition) is 4. The number of nitrogens with zero attached hydrogens (tertiary/aromatic N) is 2. The molecule has 0 radical (unpaired) electrons. The number of anilines is 2. The van der Waals surface area contributed by atoms with E-state index in [0.717, 1.165) is 18.2 Å². The Labute approximate surface area is 107 Å². The van der Waals surface area contributed by atoms with E-state index in [-0.39, 0.29) is 5.28 Å². The summed E-state index contributed by atoms with van der Waals surface area (Å²) in [6.07, 6.45) is 6.66. The Balaban J connectivity index is 1.89. The highest BCUT2D eigenvalue weighted by atomic mass is 35.5. The second kappa shape index (κ2) is 5.54. The average Bonchev–Trinajstić information content (AvgIpc) is 2.78. The summed E-state index contributed by atoms with van der Waals surface area (Å²) >= 11 is 5.81. The Morgan fingerprint density at radius 2 is 2.06 bits per heavy atom.